The number of hydrogen-bond donors (Lipinski definition) is 2. The highest BCUT2D eigenvalue weighted by atomic mass is 19.1. The molecule has 3 rings (SSSR count). The molecule has 136 valence electrons. The summed E-state index contributed by atoms with van der Waals surface area (Å²) in [5.41, 5.74) is 1.66. The number of nitriles is 1. The molecule has 0 aliphatic carbocycles. The van der Waals surface area contributed by atoms with Crippen molar-refractivity contribution in [1.29, 1.82) is 5.26 Å². The van der Waals surface area contributed by atoms with Crippen LogP contribution in [0.25, 0.3) is 10.9 Å². The zero-order valence-corrected chi connectivity index (χ0v) is 14.7. The number of H-pyrrole nitrogens is 1. The van der Waals surface area contributed by atoms with Crippen molar-refractivity contribution in [3.8, 4) is 6.07 Å². The molecule has 3 aromatic rings. The van der Waals surface area contributed by atoms with Crippen LogP contribution in [0.15, 0.2) is 35.4 Å². The molecule has 2 aromatic heterocycles. The minimum Gasteiger partial charge on any atom is -0.348 e. The first kappa shape index (κ1) is 18.2. The largest absolute Gasteiger partial charge is 0.348 e. The highest BCUT2D eigenvalue weighted by molar-refractivity contribution is 5.85. The molecule has 0 aliphatic rings. The van der Waals surface area contributed by atoms with Gasteiger partial charge in [0.15, 0.2) is 5.69 Å². The lowest BCUT2D eigenvalue weighted by Crippen LogP contribution is -2.31. The predicted molar refractivity (Wildman–Crippen MR) is 96.3 cm³/mol. The second-order valence-corrected chi connectivity index (χ2v) is 6.15. The van der Waals surface area contributed by atoms with Gasteiger partial charge in [-0.15, -0.1) is 0 Å². The van der Waals surface area contributed by atoms with Crippen molar-refractivity contribution in [2.45, 2.75) is 26.3 Å². The van der Waals surface area contributed by atoms with E-state index in [1.54, 1.807) is 13.8 Å². The summed E-state index contributed by atoms with van der Waals surface area (Å²) in [6, 6.07) is 5.52. The third-order valence-corrected chi connectivity index (χ3v) is 4.31. The molecule has 2 N–H and O–H groups in total. The van der Waals surface area contributed by atoms with Gasteiger partial charge in [-0.3, -0.25) is 14.6 Å². The summed E-state index contributed by atoms with van der Waals surface area (Å²) in [4.78, 5) is 35.4. The van der Waals surface area contributed by atoms with Crippen LogP contribution in [0.1, 0.15) is 35.5 Å². The Hall–Kier alpha value is -3.60. The summed E-state index contributed by atoms with van der Waals surface area (Å²) < 4.78 is 13.5. The van der Waals surface area contributed by atoms with Crippen molar-refractivity contribution in [1.82, 2.24) is 20.3 Å². The van der Waals surface area contributed by atoms with Crippen LogP contribution in [0.3, 0.4) is 0 Å². The number of pyridine rings is 1. The van der Waals surface area contributed by atoms with Crippen LogP contribution < -0.4 is 10.9 Å². The molecule has 0 saturated heterocycles. The Kier molecular flexibility index (Phi) is 4.94. The van der Waals surface area contributed by atoms with E-state index in [-0.39, 0.29) is 29.1 Å². The van der Waals surface area contributed by atoms with E-state index in [0.717, 1.165) is 0 Å². The van der Waals surface area contributed by atoms with Crippen LogP contribution in [0.2, 0.25) is 0 Å². The summed E-state index contributed by atoms with van der Waals surface area (Å²) >= 11 is 0. The zero-order valence-electron chi connectivity index (χ0n) is 14.7. The van der Waals surface area contributed by atoms with Crippen molar-refractivity contribution in [2.75, 3.05) is 0 Å². The highest BCUT2D eigenvalue weighted by Crippen LogP contribution is 2.19. The molecule has 8 heteroatoms. The van der Waals surface area contributed by atoms with E-state index in [1.807, 2.05) is 6.07 Å². The number of rotatable bonds is 4. The first-order valence-corrected chi connectivity index (χ1v) is 8.21. The number of aryl methyl sites for hydroxylation is 1. The Morgan fingerprint density at radius 1 is 1.37 bits per heavy atom. The number of amides is 1. The molecule has 2 heterocycles. The molecule has 1 aromatic carbocycles. The van der Waals surface area contributed by atoms with Gasteiger partial charge < -0.3 is 10.3 Å². The van der Waals surface area contributed by atoms with Crippen LogP contribution in [0.5, 0.6) is 0 Å². The maximum atomic E-state index is 13.5. The van der Waals surface area contributed by atoms with Gasteiger partial charge in [-0.25, -0.2) is 9.37 Å². The Balaban J connectivity index is 1.81. The Labute approximate surface area is 153 Å². The third-order valence-electron chi connectivity index (χ3n) is 4.31. The van der Waals surface area contributed by atoms with Gasteiger partial charge in [0.05, 0.1) is 30.6 Å². The van der Waals surface area contributed by atoms with Gasteiger partial charge in [-0.05, 0) is 37.6 Å². The van der Waals surface area contributed by atoms with Crippen LogP contribution in [0.4, 0.5) is 4.39 Å². The monoisotopic (exact) mass is 365 g/mol. The molecule has 0 bridgehead atoms. The van der Waals surface area contributed by atoms with E-state index < -0.39 is 11.9 Å². The minimum atomic E-state index is -0.449. The van der Waals surface area contributed by atoms with Crippen LogP contribution in [-0.2, 0) is 11.2 Å². The highest BCUT2D eigenvalue weighted by Gasteiger charge is 2.16. The summed E-state index contributed by atoms with van der Waals surface area (Å²) in [6.45, 7) is 3.41. The lowest BCUT2D eigenvalue weighted by Gasteiger charge is -2.14. The van der Waals surface area contributed by atoms with Crippen molar-refractivity contribution < 1.29 is 9.18 Å². The molecule has 1 amide bonds. The molecule has 1 atom stereocenters. The van der Waals surface area contributed by atoms with Crippen molar-refractivity contribution in [2.24, 2.45) is 0 Å². The summed E-state index contributed by atoms with van der Waals surface area (Å²) in [5, 5.41) is 12.0. The third kappa shape index (κ3) is 3.82. The SMILES string of the molecule is Cc1c(CC(=O)N[C@@H](C)c2cnc(C#N)cn2)c(=O)[nH]c2ccc(F)cc12. The number of hydrogen-bond acceptors (Lipinski definition) is 5. The summed E-state index contributed by atoms with van der Waals surface area (Å²) in [6.07, 6.45) is 2.59. The number of nitrogens with zero attached hydrogens (tertiary/aromatic N) is 3. The molecule has 7 nitrogen and oxygen atoms in total. The fourth-order valence-corrected chi connectivity index (χ4v) is 2.83. The molecule has 0 radical (unpaired) electrons. The number of fused-ring (bicyclic) bond motifs is 1. The van der Waals surface area contributed by atoms with Crippen LogP contribution in [0, 0.1) is 24.1 Å². The first-order valence-electron chi connectivity index (χ1n) is 8.21. The van der Waals surface area contributed by atoms with Gasteiger partial charge >= 0.3 is 0 Å². The fraction of sp³-hybridized carbons (Fsp3) is 0.211. The normalized spacial score (nSPS) is 11.8. The summed E-state index contributed by atoms with van der Waals surface area (Å²) in [7, 11) is 0. The molecule has 27 heavy (non-hydrogen) atoms. The van der Waals surface area contributed by atoms with E-state index in [2.05, 4.69) is 20.3 Å². The van der Waals surface area contributed by atoms with Gasteiger partial charge in [-0.1, -0.05) is 0 Å². The van der Waals surface area contributed by atoms with Crippen molar-refractivity contribution in [3.05, 3.63) is 69.3 Å². The number of nitrogens with one attached hydrogen (secondary N) is 2. The summed E-state index contributed by atoms with van der Waals surface area (Å²) in [5.74, 6) is -0.793. The van der Waals surface area contributed by atoms with E-state index in [1.165, 1.54) is 30.6 Å². The Morgan fingerprint density at radius 2 is 2.15 bits per heavy atom. The van der Waals surface area contributed by atoms with Gasteiger partial charge in [0.25, 0.3) is 5.56 Å². The number of benzene rings is 1. The molecule has 0 unspecified atom stereocenters. The Morgan fingerprint density at radius 3 is 2.81 bits per heavy atom. The van der Waals surface area contributed by atoms with Gasteiger partial charge in [0.1, 0.15) is 11.9 Å². The first-order chi connectivity index (χ1) is 12.9. The maximum absolute atomic E-state index is 13.5. The number of carbonyl (C=O) groups is 1. The van der Waals surface area contributed by atoms with Crippen LogP contribution in [-0.4, -0.2) is 20.9 Å². The average Bonchev–Trinajstić information content (AvgIpc) is 2.66. The minimum absolute atomic E-state index is 0.151. The molecule has 0 spiro atoms. The second-order valence-electron chi connectivity index (χ2n) is 6.15. The number of carbonyl (C=O) groups excluding carboxylic acids is 1. The van der Waals surface area contributed by atoms with Gasteiger partial charge in [-0.2, -0.15) is 5.26 Å². The molecule has 0 saturated carbocycles. The molecular weight excluding hydrogens is 349 g/mol. The van der Waals surface area contributed by atoms with Crippen molar-refractivity contribution in [3.63, 3.8) is 0 Å². The van der Waals surface area contributed by atoms with Crippen molar-refractivity contribution >= 4 is 16.8 Å². The van der Waals surface area contributed by atoms with E-state index in [0.29, 0.717) is 22.2 Å². The number of aromatic nitrogens is 3. The average molecular weight is 365 g/mol. The van der Waals surface area contributed by atoms with E-state index in [9.17, 15) is 14.0 Å². The molecule has 0 aliphatic heterocycles. The molecule has 0 fully saturated rings. The fourth-order valence-electron chi connectivity index (χ4n) is 2.83. The lowest BCUT2D eigenvalue weighted by molar-refractivity contribution is -0.121. The lowest BCUT2D eigenvalue weighted by atomic mass is 10.0. The standard InChI is InChI=1S/C19H16FN5O2/c1-10-14-5-12(20)3-4-16(14)25-19(27)15(10)6-18(26)24-11(2)17-9-22-13(7-21)8-23-17/h3-5,8-9,11H,6H2,1-2H3,(H,24,26)(H,25,27)/t11-/m0/s1. The van der Waals surface area contributed by atoms with Gasteiger partial charge in [0.2, 0.25) is 5.91 Å². The second kappa shape index (κ2) is 7.33. The van der Waals surface area contributed by atoms with E-state index >= 15 is 0 Å². The molecular formula is C19H16FN5O2. The Bertz CT molecular complexity index is 1120. The maximum Gasteiger partial charge on any atom is 0.252 e. The number of aromatic amines is 1. The zero-order chi connectivity index (χ0) is 19.6. The smallest absolute Gasteiger partial charge is 0.252 e. The van der Waals surface area contributed by atoms with E-state index in [4.69, 9.17) is 5.26 Å². The van der Waals surface area contributed by atoms with Crippen LogP contribution >= 0.6 is 0 Å². The number of halogens is 1. The topological polar surface area (TPSA) is 112 Å². The van der Waals surface area contributed by atoms with Gasteiger partial charge in [0, 0.05) is 16.5 Å². The predicted octanol–water partition coefficient (Wildman–Crippen LogP) is 2.06. The quantitative estimate of drug-likeness (QED) is 0.735.